The van der Waals surface area contributed by atoms with Crippen molar-refractivity contribution in [1.82, 2.24) is 0 Å². The molecule has 0 aliphatic carbocycles. The number of aliphatic hydroxyl groups excluding tert-OH is 2. The highest BCUT2D eigenvalue weighted by Crippen LogP contribution is 1.94. The Bertz CT molecular complexity index is 131. The summed E-state index contributed by atoms with van der Waals surface area (Å²) in [6.07, 6.45) is 0.336. The lowest BCUT2D eigenvalue weighted by Gasteiger charge is -2.08. The Morgan fingerprint density at radius 2 is 1.92 bits per heavy atom. The highest BCUT2D eigenvalue weighted by atomic mass is 16.4. The van der Waals surface area contributed by atoms with E-state index in [4.69, 9.17) is 15.3 Å². The summed E-state index contributed by atoms with van der Waals surface area (Å²) in [6, 6.07) is 0. The molecule has 4 heteroatoms. The summed E-state index contributed by atoms with van der Waals surface area (Å²) in [5.74, 6) is -0.981. The lowest BCUT2D eigenvalue weighted by atomic mass is 10.2. The molecule has 0 aromatic heterocycles. The van der Waals surface area contributed by atoms with E-state index in [1.807, 2.05) is 6.92 Å². The van der Waals surface area contributed by atoms with Gasteiger partial charge in [0.25, 0.3) is 0 Å². The van der Waals surface area contributed by atoms with E-state index in [0.29, 0.717) is 6.42 Å². The summed E-state index contributed by atoms with van der Waals surface area (Å²) in [5.41, 5.74) is 0. The molecule has 72 valence electrons. The maximum absolute atomic E-state index is 9.25. The van der Waals surface area contributed by atoms with Crippen molar-refractivity contribution in [1.29, 1.82) is 0 Å². The van der Waals surface area contributed by atoms with Crippen LogP contribution in [0.3, 0.4) is 0 Å². The van der Waals surface area contributed by atoms with E-state index >= 15 is 0 Å². The highest BCUT2D eigenvalue weighted by Gasteiger charge is 2.05. The van der Waals surface area contributed by atoms with Gasteiger partial charge in [0.2, 0.25) is 0 Å². The number of aliphatic hydroxyl groups is 2. The van der Waals surface area contributed by atoms with Gasteiger partial charge in [-0.2, -0.15) is 0 Å². The van der Waals surface area contributed by atoms with Gasteiger partial charge in [0, 0.05) is 6.08 Å². The van der Waals surface area contributed by atoms with Crippen LogP contribution in [0.4, 0.5) is 0 Å². The second-order valence-corrected chi connectivity index (χ2v) is 2.26. The normalized spacial score (nSPS) is 13.7. The predicted octanol–water partition coefficient (Wildman–Crippen LogP) is 0.395. The topological polar surface area (TPSA) is 77.8 Å². The SMILES string of the molecule is C=CC(=O)O.CCC(O)C(C)O. The number of carboxylic acid groups (broad SMARTS) is 1. The van der Waals surface area contributed by atoms with Crippen molar-refractivity contribution in [2.75, 3.05) is 0 Å². The van der Waals surface area contributed by atoms with Crippen LogP contribution in [-0.2, 0) is 4.79 Å². The lowest BCUT2D eigenvalue weighted by Crippen LogP contribution is -2.20. The van der Waals surface area contributed by atoms with Gasteiger partial charge in [-0.1, -0.05) is 13.5 Å². The average Bonchev–Trinajstić information content (AvgIpc) is 2.04. The fourth-order valence-corrected chi connectivity index (χ4v) is 0.341. The highest BCUT2D eigenvalue weighted by molar-refractivity contribution is 5.78. The van der Waals surface area contributed by atoms with Gasteiger partial charge in [0.1, 0.15) is 0 Å². The molecule has 0 aromatic rings. The minimum absolute atomic E-state index is 0.542. The lowest BCUT2D eigenvalue weighted by molar-refractivity contribution is -0.131. The van der Waals surface area contributed by atoms with E-state index in [1.54, 1.807) is 6.92 Å². The van der Waals surface area contributed by atoms with Gasteiger partial charge in [0.15, 0.2) is 0 Å². The van der Waals surface area contributed by atoms with Crippen molar-refractivity contribution >= 4 is 5.97 Å². The zero-order chi connectivity index (χ0) is 10.1. The average molecular weight is 176 g/mol. The molecule has 0 rings (SSSR count). The summed E-state index contributed by atoms with van der Waals surface area (Å²) < 4.78 is 0. The van der Waals surface area contributed by atoms with E-state index in [2.05, 4.69) is 6.58 Å². The van der Waals surface area contributed by atoms with Crippen LogP contribution >= 0.6 is 0 Å². The van der Waals surface area contributed by atoms with Gasteiger partial charge >= 0.3 is 5.97 Å². The Hall–Kier alpha value is -0.870. The van der Waals surface area contributed by atoms with Gasteiger partial charge < -0.3 is 15.3 Å². The van der Waals surface area contributed by atoms with Crippen LogP contribution in [0.25, 0.3) is 0 Å². The molecule has 0 aliphatic heterocycles. The van der Waals surface area contributed by atoms with Crippen molar-refractivity contribution in [3.8, 4) is 0 Å². The zero-order valence-corrected chi connectivity index (χ0v) is 7.40. The number of carbonyl (C=O) groups is 1. The number of hydrogen-bond acceptors (Lipinski definition) is 3. The molecule has 3 N–H and O–H groups in total. The summed E-state index contributed by atoms with van der Waals surface area (Å²) >= 11 is 0. The Balaban J connectivity index is 0. The van der Waals surface area contributed by atoms with Crippen molar-refractivity contribution in [2.45, 2.75) is 32.5 Å². The summed E-state index contributed by atoms with van der Waals surface area (Å²) in [6.45, 7) is 6.37. The van der Waals surface area contributed by atoms with Crippen LogP contribution in [0.1, 0.15) is 20.3 Å². The standard InChI is InChI=1S/C5H12O2.C3H4O2/c1-3-5(7)4(2)6;1-2-3(4)5/h4-7H,3H2,1-2H3;2H,1H2,(H,4,5). The van der Waals surface area contributed by atoms with Crippen molar-refractivity contribution in [2.24, 2.45) is 0 Å². The molecule has 12 heavy (non-hydrogen) atoms. The Morgan fingerprint density at radius 1 is 1.58 bits per heavy atom. The third kappa shape index (κ3) is 11.9. The number of aliphatic carboxylic acids is 1. The number of hydrogen-bond donors (Lipinski definition) is 3. The van der Waals surface area contributed by atoms with Crippen LogP contribution in [0.5, 0.6) is 0 Å². The molecule has 0 saturated heterocycles. The quantitative estimate of drug-likeness (QED) is 0.544. The molecule has 2 unspecified atom stereocenters. The third-order valence-corrected chi connectivity index (χ3v) is 1.15. The smallest absolute Gasteiger partial charge is 0.327 e. The Labute approximate surface area is 72.2 Å². The number of carboxylic acids is 1. The van der Waals surface area contributed by atoms with Gasteiger partial charge in [-0.15, -0.1) is 0 Å². The van der Waals surface area contributed by atoms with E-state index < -0.39 is 18.2 Å². The van der Waals surface area contributed by atoms with Crippen molar-refractivity contribution < 1.29 is 20.1 Å². The van der Waals surface area contributed by atoms with Crippen LogP contribution < -0.4 is 0 Å². The van der Waals surface area contributed by atoms with Crippen LogP contribution in [0, 0.1) is 0 Å². The first-order valence-corrected chi connectivity index (χ1v) is 3.67. The minimum atomic E-state index is -0.981. The molecule has 0 aromatic carbocycles. The second-order valence-electron chi connectivity index (χ2n) is 2.26. The molecule has 4 nitrogen and oxygen atoms in total. The predicted molar refractivity (Wildman–Crippen MR) is 45.8 cm³/mol. The van der Waals surface area contributed by atoms with Gasteiger partial charge in [-0.3, -0.25) is 0 Å². The maximum atomic E-state index is 9.25. The van der Waals surface area contributed by atoms with Gasteiger partial charge in [-0.05, 0) is 13.3 Å². The molecule has 0 heterocycles. The van der Waals surface area contributed by atoms with E-state index in [0.717, 1.165) is 6.08 Å². The molecule has 2 atom stereocenters. The van der Waals surface area contributed by atoms with Crippen LogP contribution in [0.15, 0.2) is 12.7 Å². The van der Waals surface area contributed by atoms with Crippen molar-refractivity contribution in [3.63, 3.8) is 0 Å². The second kappa shape index (κ2) is 8.23. The van der Waals surface area contributed by atoms with Gasteiger partial charge in [0.05, 0.1) is 12.2 Å². The largest absolute Gasteiger partial charge is 0.478 e. The molecule has 0 aliphatic rings. The fourth-order valence-electron chi connectivity index (χ4n) is 0.341. The molecule has 0 spiro atoms. The minimum Gasteiger partial charge on any atom is -0.478 e. The van der Waals surface area contributed by atoms with Gasteiger partial charge in [-0.25, -0.2) is 4.79 Å². The number of rotatable bonds is 3. The molecule has 0 radical (unpaired) electrons. The first kappa shape index (κ1) is 13.7. The maximum Gasteiger partial charge on any atom is 0.327 e. The summed E-state index contributed by atoms with van der Waals surface area (Å²) in [5, 5.41) is 24.9. The van der Waals surface area contributed by atoms with Crippen molar-refractivity contribution in [3.05, 3.63) is 12.7 Å². The Kier molecular flexibility index (Phi) is 9.40. The van der Waals surface area contributed by atoms with Crippen LogP contribution in [-0.4, -0.2) is 33.5 Å². The first-order valence-electron chi connectivity index (χ1n) is 3.67. The van der Waals surface area contributed by atoms with E-state index in [9.17, 15) is 4.79 Å². The summed E-state index contributed by atoms with van der Waals surface area (Å²) in [4.78, 5) is 9.25. The molecule has 0 fully saturated rings. The molecule has 0 saturated carbocycles. The fraction of sp³-hybridized carbons (Fsp3) is 0.625. The molecule has 0 amide bonds. The van der Waals surface area contributed by atoms with Crippen LogP contribution in [0.2, 0.25) is 0 Å². The van der Waals surface area contributed by atoms with E-state index in [1.165, 1.54) is 0 Å². The molecule has 0 bridgehead atoms. The zero-order valence-electron chi connectivity index (χ0n) is 7.40. The molecular formula is C8H16O4. The first-order chi connectivity index (χ1) is 5.45. The molecular weight excluding hydrogens is 160 g/mol. The van der Waals surface area contributed by atoms with E-state index in [-0.39, 0.29) is 0 Å². The monoisotopic (exact) mass is 176 g/mol. The third-order valence-electron chi connectivity index (χ3n) is 1.15. The Morgan fingerprint density at radius 3 is 1.92 bits per heavy atom. The summed E-state index contributed by atoms with van der Waals surface area (Å²) in [7, 11) is 0.